The molecular formula is C17H16N4O4S. The van der Waals surface area contributed by atoms with Crippen LogP contribution in [0.4, 0.5) is 5.13 Å². The zero-order valence-corrected chi connectivity index (χ0v) is 14.5. The second kappa shape index (κ2) is 8.37. The minimum absolute atomic E-state index is 0.0109. The summed E-state index contributed by atoms with van der Waals surface area (Å²) in [7, 11) is 0. The average Bonchev–Trinajstić information content (AvgIpc) is 3.31. The Morgan fingerprint density at radius 1 is 1.23 bits per heavy atom. The van der Waals surface area contributed by atoms with Crippen LogP contribution in [-0.4, -0.2) is 27.2 Å². The molecule has 3 aromatic rings. The lowest BCUT2D eigenvalue weighted by atomic mass is 10.2. The Kier molecular flexibility index (Phi) is 5.72. The highest BCUT2D eigenvalue weighted by molar-refractivity contribution is 7.14. The van der Waals surface area contributed by atoms with Gasteiger partial charge in [0.2, 0.25) is 5.91 Å². The Hall–Kier alpha value is -3.04. The van der Waals surface area contributed by atoms with Gasteiger partial charge in [-0.3, -0.25) is 14.8 Å². The van der Waals surface area contributed by atoms with E-state index in [9.17, 15) is 9.59 Å². The Labute approximate surface area is 152 Å². The maximum Gasteiger partial charge on any atom is 0.296 e. The number of nitrogens with one attached hydrogen (secondary N) is 2. The van der Waals surface area contributed by atoms with Crippen LogP contribution in [0.2, 0.25) is 0 Å². The Morgan fingerprint density at radius 2 is 2.04 bits per heavy atom. The largest absolute Gasteiger partial charge is 0.361 e. The summed E-state index contributed by atoms with van der Waals surface area (Å²) in [4.78, 5) is 27.6. The molecule has 0 bridgehead atoms. The van der Waals surface area contributed by atoms with Crippen molar-refractivity contribution >= 4 is 28.3 Å². The lowest BCUT2D eigenvalue weighted by molar-refractivity contribution is -0.116. The molecule has 8 nitrogen and oxygen atoms in total. The Morgan fingerprint density at radius 3 is 2.81 bits per heavy atom. The lowest BCUT2D eigenvalue weighted by Crippen LogP contribution is -2.18. The maximum absolute atomic E-state index is 12.0. The summed E-state index contributed by atoms with van der Waals surface area (Å²) in [5, 5.41) is 17.3. The number of aromatic nitrogens is 2. The van der Waals surface area contributed by atoms with Gasteiger partial charge in [-0.25, -0.2) is 10.5 Å². The van der Waals surface area contributed by atoms with Crippen LogP contribution < -0.4 is 10.8 Å². The molecule has 26 heavy (non-hydrogen) atoms. The number of hydrogen-bond acceptors (Lipinski definition) is 7. The van der Waals surface area contributed by atoms with Crippen molar-refractivity contribution in [3.63, 3.8) is 0 Å². The van der Waals surface area contributed by atoms with Crippen molar-refractivity contribution in [3.8, 4) is 11.3 Å². The van der Waals surface area contributed by atoms with Crippen molar-refractivity contribution in [1.29, 1.82) is 0 Å². The second-order valence-corrected chi connectivity index (χ2v) is 6.28. The van der Waals surface area contributed by atoms with Crippen molar-refractivity contribution in [1.82, 2.24) is 15.6 Å². The van der Waals surface area contributed by atoms with E-state index in [0.29, 0.717) is 23.7 Å². The quantitative estimate of drug-likeness (QED) is 0.434. The highest BCUT2D eigenvalue weighted by atomic mass is 32.1. The smallest absolute Gasteiger partial charge is 0.296 e. The van der Waals surface area contributed by atoms with Gasteiger partial charge in [0.15, 0.2) is 10.8 Å². The van der Waals surface area contributed by atoms with E-state index in [-0.39, 0.29) is 18.0 Å². The standard InChI is InChI=1S/C17H16N4O4S/c22-15(8-4-7-12-9-13(21-25-12)16(23)20-24)19-17-18-14(10-26-17)11-5-2-1-3-6-11/h1-3,5-6,9-10,24H,4,7-8H2,(H,20,23)(H,18,19,22). The van der Waals surface area contributed by atoms with Crippen LogP contribution in [0.1, 0.15) is 29.1 Å². The molecule has 9 heteroatoms. The molecular weight excluding hydrogens is 356 g/mol. The van der Waals surface area contributed by atoms with E-state index in [1.165, 1.54) is 22.9 Å². The molecule has 1 aromatic carbocycles. The number of thiazole rings is 1. The third kappa shape index (κ3) is 4.52. The fourth-order valence-electron chi connectivity index (χ4n) is 2.27. The zero-order valence-electron chi connectivity index (χ0n) is 13.6. The third-order valence-corrected chi connectivity index (χ3v) is 4.30. The molecule has 0 aliphatic heterocycles. The summed E-state index contributed by atoms with van der Waals surface area (Å²) in [6.45, 7) is 0. The predicted molar refractivity (Wildman–Crippen MR) is 94.9 cm³/mol. The number of carbonyl (C=O) groups excluding carboxylic acids is 2. The minimum Gasteiger partial charge on any atom is -0.361 e. The molecule has 0 atom stereocenters. The highest BCUT2D eigenvalue weighted by Gasteiger charge is 2.12. The van der Waals surface area contributed by atoms with Crippen molar-refractivity contribution in [2.45, 2.75) is 19.3 Å². The molecule has 2 amide bonds. The zero-order chi connectivity index (χ0) is 18.4. The van der Waals surface area contributed by atoms with Crippen LogP contribution in [-0.2, 0) is 11.2 Å². The van der Waals surface area contributed by atoms with Crippen molar-refractivity contribution in [3.05, 3.63) is 53.2 Å². The van der Waals surface area contributed by atoms with Gasteiger partial charge in [0.1, 0.15) is 5.76 Å². The summed E-state index contributed by atoms with van der Waals surface area (Å²) in [5.74, 6) is -0.417. The number of benzene rings is 1. The molecule has 0 saturated carbocycles. The first-order chi connectivity index (χ1) is 12.7. The average molecular weight is 372 g/mol. The summed E-state index contributed by atoms with van der Waals surface area (Å²) < 4.78 is 4.98. The van der Waals surface area contributed by atoms with E-state index < -0.39 is 5.91 Å². The highest BCUT2D eigenvalue weighted by Crippen LogP contribution is 2.24. The number of nitrogens with zero attached hydrogens (tertiary/aromatic N) is 2. The molecule has 0 radical (unpaired) electrons. The molecule has 0 aliphatic rings. The SMILES string of the molecule is O=C(CCCc1cc(C(=O)NO)no1)Nc1nc(-c2ccccc2)cs1. The number of anilines is 1. The van der Waals surface area contributed by atoms with Gasteiger partial charge < -0.3 is 9.84 Å². The summed E-state index contributed by atoms with van der Waals surface area (Å²) in [5.41, 5.74) is 3.29. The number of amides is 2. The van der Waals surface area contributed by atoms with Gasteiger partial charge in [-0.2, -0.15) is 0 Å². The first-order valence-electron chi connectivity index (χ1n) is 7.86. The van der Waals surface area contributed by atoms with E-state index in [1.54, 1.807) is 0 Å². The molecule has 2 heterocycles. The first kappa shape index (κ1) is 17.8. The topological polar surface area (TPSA) is 117 Å². The van der Waals surface area contributed by atoms with E-state index in [4.69, 9.17) is 9.73 Å². The predicted octanol–water partition coefficient (Wildman–Crippen LogP) is 2.88. The first-order valence-corrected chi connectivity index (χ1v) is 8.74. The van der Waals surface area contributed by atoms with E-state index >= 15 is 0 Å². The third-order valence-electron chi connectivity index (χ3n) is 3.54. The molecule has 0 unspecified atom stereocenters. The van der Waals surface area contributed by atoms with Crippen LogP contribution in [0.3, 0.4) is 0 Å². The lowest BCUT2D eigenvalue weighted by Gasteiger charge is -2.00. The molecule has 0 fully saturated rings. The fraction of sp³-hybridized carbons (Fsp3) is 0.176. The summed E-state index contributed by atoms with van der Waals surface area (Å²) in [6, 6.07) is 11.2. The number of carbonyl (C=O) groups is 2. The van der Waals surface area contributed by atoms with Gasteiger partial charge in [0.25, 0.3) is 5.91 Å². The second-order valence-electron chi connectivity index (χ2n) is 5.43. The van der Waals surface area contributed by atoms with Crippen LogP contribution in [0.25, 0.3) is 11.3 Å². The van der Waals surface area contributed by atoms with Gasteiger partial charge in [-0.15, -0.1) is 11.3 Å². The molecule has 0 saturated heterocycles. The Balaban J connectivity index is 1.47. The summed E-state index contributed by atoms with van der Waals surface area (Å²) >= 11 is 1.37. The molecule has 0 aliphatic carbocycles. The number of hydroxylamine groups is 1. The monoisotopic (exact) mass is 372 g/mol. The van der Waals surface area contributed by atoms with Gasteiger partial charge in [-0.05, 0) is 6.42 Å². The molecule has 3 rings (SSSR count). The van der Waals surface area contributed by atoms with Crippen LogP contribution in [0.5, 0.6) is 0 Å². The minimum atomic E-state index is -0.740. The molecule has 0 spiro atoms. The van der Waals surface area contributed by atoms with Gasteiger partial charge in [0, 0.05) is 29.9 Å². The number of rotatable bonds is 7. The van der Waals surface area contributed by atoms with Gasteiger partial charge in [0.05, 0.1) is 5.69 Å². The van der Waals surface area contributed by atoms with E-state index in [2.05, 4.69) is 15.5 Å². The van der Waals surface area contributed by atoms with Crippen molar-refractivity contribution in [2.24, 2.45) is 0 Å². The van der Waals surface area contributed by atoms with Gasteiger partial charge in [-0.1, -0.05) is 35.5 Å². The number of hydrogen-bond donors (Lipinski definition) is 3. The van der Waals surface area contributed by atoms with E-state index in [0.717, 1.165) is 11.3 Å². The number of aryl methyl sites for hydroxylation is 1. The van der Waals surface area contributed by atoms with Crippen LogP contribution >= 0.6 is 11.3 Å². The normalized spacial score (nSPS) is 10.5. The van der Waals surface area contributed by atoms with Crippen molar-refractivity contribution < 1.29 is 19.3 Å². The Bertz CT molecular complexity index is 891. The maximum atomic E-state index is 12.0. The fourth-order valence-corrected chi connectivity index (χ4v) is 3.01. The van der Waals surface area contributed by atoms with Crippen molar-refractivity contribution in [2.75, 3.05) is 5.32 Å². The van der Waals surface area contributed by atoms with Crippen LogP contribution in [0.15, 0.2) is 46.3 Å². The summed E-state index contributed by atoms with van der Waals surface area (Å²) in [6.07, 6.45) is 1.26. The molecule has 134 valence electrons. The van der Waals surface area contributed by atoms with Crippen LogP contribution in [0, 0.1) is 0 Å². The molecule has 2 aromatic heterocycles. The van der Waals surface area contributed by atoms with Gasteiger partial charge >= 0.3 is 0 Å². The molecule has 3 N–H and O–H groups in total. The van der Waals surface area contributed by atoms with E-state index in [1.807, 2.05) is 35.7 Å².